The van der Waals surface area contributed by atoms with E-state index in [9.17, 15) is 0 Å². The Balaban J connectivity index is 1.49. The van der Waals surface area contributed by atoms with Crippen LogP contribution in [0.15, 0.2) is 30.3 Å². The molecule has 15 heavy (non-hydrogen) atoms. The zero-order valence-electron chi connectivity index (χ0n) is 8.86. The van der Waals surface area contributed by atoms with Gasteiger partial charge in [-0.2, -0.15) is 0 Å². The molecule has 2 nitrogen and oxygen atoms in total. The van der Waals surface area contributed by atoms with E-state index in [1.807, 2.05) is 6.07 Å². The van der Waals surface area contributed by atoms with Crippen LogP contribution >= 0.6 is 0 Å². The predicted molar refractivity (Wildman–Crippen MR) is 59.6 cm³/mol. The summed E-state index contributed by atoms with van der Waals surface area (Å²) in [5, 5.41) is 3.48. The van der Waals surface area contributed by atoms with Gasteiger partial charge in [-0.25, -0.2) is 0 Å². The Bertz CT molecular complexity index is 325. The van der Waals surface area contributed by atoms with Crippen LogP contribution in [0, 0.1) is 0 Å². The van der Waals surface area contributed by atoms with Crippen molar-refractivity contribution >= 4 is 0 Å². The molecule has 0 aromatic heterocycles. The summed E-state index contributed by atoms with van der Waals surface area (Å²) in [4.78, 5) is 0. The van der Waals surface area contributed by atoms with Gasteiger partial charge in [0, 0.05) is 12.1 Å². The number of ether oxygens (including phenoxy) is 1. The highest BCUT2D eigenvalue weighted by Gasteiger charge is 2.41. The van der Waals surface area contributed by atoms with Crippen LogP contribution in [-0.2, 0) is 11.3 Å². The Morgan fingerprint density at radius 2 is 2.00 bits per heavy atom. The molecule has 1 aromatic rings. The number of hydrogen-bond donors (Lipinski definition) is 1. The highest BCUT2D eigenvalue weighted by molar-refractivity contribution is 5.13. The van der Waals surface area contributed by atoms with Crippen LogP contribution in [0.2, 0.25) is 0 Å². The van der Waals surface area contributed by atoms with Gasteiger partial charge in [0.1, 0.15) is 0 Å². The first-order valence-electron chi connectivity index (χ1n) is 5.83. The van der Waals surface area contributed by atoms with Gasteiger partial charge < -0.3 is 10.1 Å². The molecule has 2 heteroatoms. The molecule has 1 aliphatic heterocycles. The van der Waals surface area contributed by atoms with E-state index in [0.29, 0.717) is 6.10 Å². The van der Waals surface area contributed by atoms with E-state index < -0.39 is 0 Å². The Morgan fingerprint density at radius 1 is 1.13 bits per heavy atom. The maximum atomic E-state index is 5.93. The van der Waals surface area contributed by atoms with Crippen molar-refractivity contribution in [1.82, 2.24) is 5.32 Å². The fraction of sp³-hybridized carbons (Fsp3) is 0.538. The number of hydrogen-bond acceptors (Lipinski definition) is 2. The van der Waals surface area contributed by atoms with Gasteiger partial charge in [0.15, 0.2) is 0 Å². The zero-order valence-corrected chi connectivity index (χ0v) is 8.86. The minimum absolute atomic E-state index is 0.474. The van der Waals surface area contributed by atoms with Crippen LogP contribution in [0.25, 0.3) is 0 Å². The third kappa shape index (κ3) is 2.21. The monoisotopic (exact) mass is 203 g/mol. The molecule has 1 aliphatic carbocycles. The van der Waals surface area contributed by atoms with Gasteiger partial charge in [-0.15, -0.1) is 0 Å². The molecule has 0 unspecified atom stereocenters. The molecule has 1 N–H and O–H groups in total. The Kier molecular flexibility index (Phi) is 2.47. The molecule has 2 aliphatic rings. The minimum atomic E-state index is 0.474. The summed E-state index contributed by atoms with van der Waals surface area (Å²) < 4.78 is 5.93. The lowest BCUT2D eigenvalue weighted by Crippen LogP contribution is -2.21. The van der Waals surface area contributed by atoms with E-state index in [-0.39, 0.29) is 0 Å². The second-order valence-electron chi connectivity index (χ2n) is 4.61. The van der Waals surface area contributed by atoms with Crippen LogP contribution in [-0.4, -0.2) is 18.2 Å². The van der Waals surface area contributed by atoms with Crippen LogP contribution in [0.5, 0.6) is 0 Å². The predicted octanol–water partition coefficient (Wildman–Crippen LogP) is 2.10. The summed E-state index contributed by atoms with van der Waals surface area (Å²) in [7, 11) is 0. The number of nitrogens with one attached hydrogen (secondary N) is 1. The van der Waals surface area contributed by atoms with Gasteiger partial charge in [0.05, 0.1) is 12.7 Å². The summed E-state index contributed by atoms with van der Waals surface area (Å²) in [6, 6.07) is 12.0. The number of benzene rings is 1. The average molecular weight is 203 g/mol. The van der Waals surface area contributed by atoms with Gasteiger partial charge in [0.2, 0.25) is 0 Å². The first kappa shape index (κ1) is 9.37. The fourth-order valence-electron chi connectivity index (χ4n) is 2.44. The maximum Gasteiger partial charge on any atom is 0.0720 e. The lowest BCUT2D eigenvalue weighted by atomic mass is 9.98. The average Bonchev–Trinajstić information content (AvgIpc) is 3.06. The van der Waals surface area contributed by atoms with Gasteiger partial charge in [-0.05, 0) is 24.8 Å². The Labute approximate surface area is 90.6 Å². The lowest BCUT2D eigenvalue weighted by molar-refractivity contribution is 0.0223. The van der Waals surface area contributed by atoms with Gasteiger partial charge >= 0.3 is 0 Å². The Hall–Kier alpha value is -0.860. The second-order valence-corrected chi connectivity index (χ2v) is 4.61. The van der Waals surface area contributed by atoms with Crippen molar-refractivity contribution < 1.29 is 4.74 Å². The van der Waals surface area contributed by atoms with Crippen molar-refractivity contribution in [2.75, 3.05) is 0 Å². The first-order valence-corrected chi connectivity index (χ1v) is 5.83. The fourth-order valence-corrected chi connectivity index (χ4v) is 2.44. The van der Waals surface area contributed by atoms with Crippen LogP contribution in [0.1, 0.15) is 24.8 Å². The highest BCUT2D eigenvalue weighted by Crippen LogP contribution is 2.31. The molecule has 1 heterocycles. The van der Waals surface area contributed by atoms with Crippen LogP contribution in [0.4, 0.5) is 0 Å². The molecule has 3 rings (SSSR count). The minimum Gasteiger partial charge on any atom is -0.373 e. The SMILES string of the molecule is c1ccc(CO[C@H]2CC[C@@H]3N[C@@H]3C2)cc1. The third-order valence-corrected chi connectivity index (χ3v) is 3.45. The van der Waals surface area contributed by atoms with Gasteiger partial charge in [-0.1, -0.05) is 30.3 Å². The third-order valence-electron chi connectivity index (χ3n) is 3.45. The number of fused-ring (bicyclic) bond motifs is 1. The van der Waals surface area contributed by atoms with Crippen molar-refractivity contribution in [1.29, 1.82) is 0 Å². The summed E-state index contributed by atoms with van der Waals surface area (Å²) in [5.41, 5.74) is 1.28. The van der Waals surface area contributed by atoms with E-state index in [0.717, 1.165) is 18.7 Å². The van der Waals surface area contributed by atoms with E-state index in [1.165, 1.54) is 24.8 Å². The van der Waals surface area contributed by atoms with Crippen LogP contribution < -0.4 is 5.32 Å². The first-order chi connectivity index (χ1) is 7.42. The van der Waals surface area contributed by atoms with Crippen LogP contribution in [0.3, 0.4) is 0 Å². The van der Waals surface area contributed by atoms with Crippen molar-refractivity contribution in [3.05, 3.63) is 35.9 Å². The molecule has 0 bridgehead atoms. The van der Waals surface area contributed by atoms with E-state index >= 15 is 0 Å². The molecule has 3 atom stereocenters. The normalized spacial score (nSPS) is 33.5. The molecule has 1 saturated heterocycles. The lowest BCUT2D eigenvalue weighted by Gasteiger charge is -2.20. The molecule has 1 saturated carbocycles. The summed E-state index contributed by atoms with van der Waals surface area (Å²) >= 11 is 0. The van der Waals surface area contributed by atoms with E-state index in [4.69, 9.17) is 4.74 Å². The van der Waals surface area contributed by atoms with Gasteiger partial charge in [-0.3, -0.25) is 0 Å². The molecule has 2 fully saturated rings. The zero-order chi connectivity index (χ0) is 10.1. The molecule has 0 spiro atoms. The van der Waals surface area contributed by atoms with Crippen molar-refractivity contribution in [2.45, 2.75) is 44.1 Å². The Morgan fingerprint density at radius 3 is 2.80 bits per heavy atom. The summed E-state index contributed by atoms with van der Waals surface area (Å²) in [6.07, 6.45) is 4.20. The van der Waals surface area contributed by atoms with Crippen molar-refractivity contribution in [3.63, 3.8) is 0 Å². The summed E-state index contributed by atoms with van der Waals surface area (Å²) in [6.45, 7) is 0.767. The van der Waals surface area contributed by atoms with E-state index in [2.05, 4.69) is 29.6 Å². The second kappa shape index (κ2) is 3.95. The standard InChI is InChI=1S/C13H17NO/c1-2-4-10(5-3-1)9-15-11-6-7-12-13(8-11)14-12/h1-5,11-14H,6-9H2/t11-,12-,13+/m0/s1. The van der Waals surface area contributed by atoms with E-state index in [1.54, 1.807) is 0 Å². The maximum absolute atomic E-state index is 5.93. The molecule has 0 amide bonds. The molecule has 1 aromatic carbocycles. The van der Waals surface area contributed by atoms with Crippen molar-refractivity contribution in [2.24, 2.45) is 0 Å². The smallest absolute Gasteiger partial charge is 0.0720 e. The van der Waals surface area contributed by atoms with Crippen molar-refractivity contribution in [3.8, 4) is 0 Å². The molecular formula is C13H17NO. The summed E-state index contributed by atoms with van der Waals surface area (Å²) in [5.74, 6) is 0. The molecular weight excluding hydrogens is 186 g/mol. The largest absolute Gasteiger partial charge is 0.373 e. The topological polar surface area (TPSA) is 31.2 Å². The number of rotatable bonds is 3. The van der Waals surface area contributed by atoms with Gasteiger partial charge in [0.25, 0.3) is 0 Å². The molecule has 0 radical (unpaired) electrons. The highest BCUT2D eigenvalue weighted by atomic mass is 16.5. The quantitative estimate of drug-likeness (QED) is 0.763. The molecule has 80 valence electrons.